The molecule has 0 bridgehead atoms. The Morgan fingerprint density at radius 1 is 1.12 bits per heavy atom. The van der Waals surface area contributed by atoms with Crippen LogP contribution >= 0.6 is 11.8 Å². The monoisotopic (exact) mass is 361 g/mol. The molecular formula is C19H20FNO3S. The Labute approximate surface area is 150 Å². The number of anilines is 1. The van der Waals surface area contributed by atoms with Crippen LogP contribution in [0, 0.1) is 12.7 Å². The summed E-state index contributed by atoms with van der Waals surface area (Å²) in [5.41, 5.74) is 1.75. The SMILES string of the molecule is Cc1ccc(NC(=O)[C@H](C)OC(=O)CCSc2ccc(F)cc2)cc1. The van der Waals surface area contributed by atoms with Crippen LogP contribution in [0.2, 0.25) is 0 Å². The number of hydrogen-bond donors (Lipinski definition) is 1. The molecule has 0 unspecified atom stereocenters. The zero-order chi connectivity index (χ0) is 18.2. The Kier molecular flexibility index (Phi) is 7.01. The van der Waals surface area contributed by atoms with Gasteiger partial charge >= 0.3 is 5.97 Å². The van der Waals surface area contributed by atoms with E-state index in [1.807, 2.05) is 19.1 Å². The number of amides is 1. The second-order valence-corrected chi connectivity index (χ2v) is 6.71. The molecule has 0 aliphatic carbocycles. The fourth-order valence-corrected chi connectivity index (χ4v) is 2.81. The normalized spacial score (nSPS) is 11.6. The van der Waals surface area contributed by atoms with Crippen LogP contribution in [-0.2, 0) is 14.3 Å². The summed E-state index contributed by atoms with van der Waals surface area (Å²) >= 11 is 1.43. The van der Waals surface area contributed by atoms with Crippen molar-refractivity contribution >= 4 is 29.3 Å². The molecule has 2 rings (SSSR count). The number of ether oxygens (including phenoxy) is 1. The summed E-state index contributed by atoms with van der Waals surface area (Å²) in [7, 11) is 0. The molecule has 2 aromatic carbocycles. The number of halogens is 1. The number of carbonyl (C=O) groups excluding carboxylic acids is 2. The van der Waals surface area contributed by atoms with Gasteiger partial charge in [0.25, 0.3) is 5.91 Å². The lowest BCUT2D eigenvalue weighted by molar-refractivity contribution is -0.152. The summed E-state index contributed by atoms with van der Waals surface area (Å²) < 4.78 is 18.0. The van der Waals surface area contributed by atoms with Crippen LogP contribution in [0.3, 0.4) is 0 Å². The summed E-state index contributed by atoms with van der Waals surface area (Å²) in [5.74, 6) is -0.613. The lowest BCUT2D eigenvalue weighted by atomic mass is 10.2. The van der Waals surface area contributed by atoms with Gasteiger partial charge in [-0.1, -0.05) is 17.7 Å². The van der Waals surface area contributed by atoms with Gasteiger partial charge in [-0.25, -0.2) is 4.39 Å². The quantitative estimate of drug-likeness (QED) is 0.594. The number of benzene rings is 2. The highest BCUT2D eigenvalue weighted by Crippen LogP contribution is 2.19. The van der Waals surface area contributed by atoms with Gasteiger partial charge in [-0.3, -0.25) is 9.59 Å². The minimum absolute atomic E-state index is 0.171. The molecule has 0 spiro atoms. The number of carbonyl (C=O) groups is 2. The van der Waals surface area contributed by atoms with Crippen LogP contribution in [0.5, 0.6) is 0 Å². The average Bonchev–Trinajstić information content (AvgIpc) is 2.58. The Balaban J connectivity index is 1.72. The smallest absolute Gasteiger partial charge is 0.307 e. The van der Waals surface area contributed by atoms with Gasteiger partial charge in [0.05, 0.1) is 6.42 Å². The Morgan fingerprint density at radius 2 is 1.76 bits per heavy atom. The van der Waals surface area contributed by atoms with Crippen LogP contribution in [-0.4, -0.2) is 23.7 Å². The molecule has 0 aromatic heterocycles. The Morgan fingerprint density at radius 3 is 2.40 bits per heavy atom. The summed E-state index contributed by atoms with van der Waals surface area (Å²) in [6.45, 7) is 3.49. The van der Waals surface area contributed by atoms with Crippen LogP contribution in [0.1, 0.15) is 18.9 Å². The maximum Gasteiger partial charge on any atom is 0.307 e. The van der Waals surface area contributed by atoms with Gasteiger partial charge in [0.1, 0.15) is 5.82 Å². The number of aryl methyl sites for hydroxylation is 1. The third-order valence-corrected chi connectivity index (χ3v) is 4.40. The Hall–Kier alpha value is -2.34. The van der Waals surface area contributed by atoms with Gasteiger partial charge in [-0.2, -0.15) is 0 Å². The van der Waals surface area contributed by atoms with Gasteiger partial charge in [0, 0.05) is 16.3 Å². The first kappa shape index (κ1) is 19.0. The third kappa shape index (κ3) is 6.58. The van der Waals surface area contributed by atoms with Crippen LogP contribution in [0.15, 0.2) is 53.4 Å². The second kappa shape index (κ2) is 9.22. The van der Waals surface area contributed by atoms with Gasteiger partial charge in [0.15, 0.2) is 6.10 Å². The second-order valence-electron chi connectivity index (χ2n) is 5.54. The first-order chi connectivity index (χ1) is 11.9. The van der Waals surface area contributed by atoms with E-state index in [0.717, 1.165) is 10.5 Å². The van der Waals surface area contributed by atoms with Crippen molar-refractivity contribution in [1.29, 1.82) is 0 Å². The van der Waals surface area contributed by atoms with E-state index in [9.17, 15) is 14.0 Å². The van der Waals surface area contributed by atoms with Gasteiger partial charge in [-0.05, 0) is 50.2 Å². The largest absolute Gasteiger partial charge is 0.453 e. The van der Waals surface area contributed by atoms with E-state index < -0.39 is 12.1 Å². The predicted molar refractivity (Wildman–Crippen MR) is 97.1 cm³/mol. The molecule has 0 aliphatic rings. The molecular weight excluding hydrogens is 341 g/mol. The van der Waals surface area contributed by atoms with E-state index in [0.29, 0.717) is 11.4 Å². The number of thioether (sulfide) groups is 1. The minimum Gasteiger partial charge on any atom is -0.453 e. The van der Waals surface area contributed by atoms with E-state index in [1.54, 1.807) is 24.3 Å². The van der Waals surface area contributed by atoms with Crippen LogP contribution < -0.4 is 5.32 Å². The van der Waals surface area contributed by atoms with Crippen LogP contribution in [0.4, 0.5) is 10.1 Å². The zero-order valence-corrected chi connectivity index (χ0v) is 14.9. The molecule has 0 radical (unpaired) electrons. The van der Waals surface area contributed by atoms with Crippen molar-refractivity contribution in [2.75, 3.05) is 11.1 Å². The number of rotatable bonds is 7. The fraction of sp³-hybridized carbons (Fsp3) is 0.263. The molecule has 0 heterocycles. The predicted octanol–water partition coefficient (Wildman–Crippen LogP) is 4.19. The molecule has 0 saturated heterocycles. The molecule has 25 heavy (non-hydrogen) atoms. The standard InChI is InChI=1S/C19H20FNO3S/c1-13-3-7-16(8-4-13)21-19(23)14(2)24-18(22)11-12-25-17-9-5-15(20)6-10-17/h3-10,14H,11-12H2,1-2H3,(H,21,23)/t14-/m0/s1. The lowest BCUT2D eigenvalue weighted by Crippen LogP contribution is -2.30. The molecule has 1 N–H and O–H groups in total. The van der Waals surface area contributed by atoms with E-state index >= 15 is 0 Å². The first-order valence-corrected chi connectivity index (χ1v) is 8.88. The van der Waals surface area contributed by atoms with Crippen LogP contribution in [0.25, 0.3) is 0 Å². The highest BCUT2D eigenvalue weighted by molar-refractivity contribution is 7.99. The Bertz CT molecular complexity index is 716. The molecule has 0 fully saturated rings. The maximum atomic E-state index is 12.8. The van der Waals surface area contributed by atoms with Gasteiger partial charge in [-0.15, -0.1) is 11.8 Å². The average molecular weight is 361 g/mol. The molecule has 4 nitrogen and oxygen atoms in total. The number of esters is 1. The number of hydrogen-bond acceptors (Lipinski definition) is 4. The van der Waals surface area contributed by atoms with E-state index in [4.69, 9.17) is 4.74 Å². The van der Waals surface area contributed by atoms with E-state index in [2.05, 4.69) is 5.32 Å². The van der Waals surface area contributed by atoms with Crippen molar-refractivity contribution in [2.24, 2.45) is 0 Å². The van der Waals surface area contributed by atoms with E-state index in [1.165, 1.54) is 30.8 Å². The van der Waals surface area contributed by atoms with Crippen molar-refractivity contribution < 1.29 is 18.7 Å². The summed E-state index contributed by atoms with van der Waals surface area (Å²) in [4.78, 5) is 24.7. The van der Waals surface area contributed by atoms with Crippen molar-refractivity contribution in [3.63, 3.8) is 0 Å². The molecule has 1 atom stereocenters. The zero-order valence-electron chi connectivity index (χ0n) is 14.1. The fourth-order valence-electron chi connectivity index (χ4n) is 1.97. The summed E-state index contributed by atoms with van der Waals surface area (Å²) in [6.07, 6.45) is -0.700. The molecule has 0 aliphatic heterocycles. The van der Waals surface area contributed by atoms with E-state index in [-0.39, 0.29) is 18.1 Å². The third-order valence-electron chi connectivity index (χ3n) is 3.39. The molecule has 2 aromatic rings. The van der Waals surface area contributed by atoms with Crippen molar-refractivity contribution in [3.8, 4) is 0 Å². The van der Waals surface area contributed by atoms with Gasteiger partial charge < -0.3 is 10.1 Å². The first-order valence-electron chi connectivity index (χ1n) is 7.89. The molecule has 1 amide bonds. The minimum atomic E-state index is -0.871. The molecule has 132 valence electrons. The van der Waals surface area contributed by atoms with Crippen molar-refractivity contribution in [3.05, 3.63) is 59.9 Å². The molecule has 6 heteroatoms. The van der Waals surface area contributed by atoms with Crippen molar-refractivity contribution in [2.45, 2.75) is 31.3 Å². The van der Waals surface area contributed by atoms with Gasteiger partial charge in [0.2, 0.25) is 0 Å². The molecule has 0 saturated carbocycles. The lowest BCUT2D eigenvalue weighted by Gasteiger charge is -2.13. The summed E-state index contributed by atoms with van der Waals surface area (Å²) in [5, 5.41) is 2.70. The summed E-state index contributed by atoms with van der Waals surface area (Å²) in [6, 6.07) is 13.4. The topological polar surface area (TPSA) is 55.4 Å². The van der Waals surface area contributed by atoms with Crippen molar-refractivity contribution in [1.82, 2.24) is 0 Å². The maximum absolute atomic E-state index is 12.8. The number of nitrogens with one attached hydrogen (secondary N) is 1. The highest BCUT2D eigenvalue weighted by atomic mass is 32.2. The highest BCUT2D eigenvalue weighted by Gasteiger charge is 2.17.